The molecule has 0 radical (unpaired) electrons. The quantitative estimate of drug-likeness (QED) is 0.866. The summed E-state index contributed by atoms with van der Waals surface area (Å²) in [5.41, 5.74) is 5.84. The molecule has 1 aromatic heterocycles. The number of hydrogen-bond donors (Lipinski definition) is 2. The molecule has 6 nitrogen and oxygen atoms in total. The average Bonchev–Trinajstić information content (AvgIpc) is 2.58. The van der Waals surface area contributed by atoms with Crippen LogP contribution in [0.2, 0.25) is 0 Å². The van der Waals surface area contributed by atoms with Crippen molar-refractivity contribution in [1.82, 2.24) is 20.2 Å². The number of aliphatic hydroxyl groups excluding tert-OH is 1. The molecule has 130 valence electrons. The van der Waals surface area contributed by atoms with Gasteiger partial charge in [-0.15, -0.1) is 0 Å². The summed E-state index contributed by atoms with van der Waals surface area (Å²) in [5, 5.41) is 14.1. The van der Waals surface area contributed by atoms with Crippen LogP contribution in [0.5, 0.6) is 0 Å². The van der Waals surface area contributed by atoms with E-state index in [0.717, 1.165) is 38.4 Å². The zero-order valence-electron chi connectivity index (χ0n) is 14.1. The Morgan fingerprint density at radius 3 is 2.79 bits per heavy atom. The van der Waals surface area contributed by atoms with Gasteiger partial charge >= 0.3 is 0 Å². The van der Waals surface area contributed by atoms with Crippen LogP contribution in [0, 0.1) is 0 Å². The third kappa shape index (κ3) is 3.71. The molecule has 0 spiro atoms. The van der Waals surface area contributed by atoms with Gasteiger partial charge in [0.05, 0.1) is 16.9 Å². The molecular weight excluding hydrogens is 326 g/mol. The van der Waals surface area contributed by atoms with Gasteiger partial charge in [0.1, 0.15) is 0 Å². The average molecular weight is 350 g/mol. The summed E-state index contributed by atoms with van der Waals surface area (Å²) in [4.78, 5) is 9.15. The lowest BCUT2D eigenvalue weighted by Crippen LogP contribution is -2.47. The number of pyridine rings is 1. The van der Waals surface area contributed by atoms with Crippen molar-refractivity contribution in [3.63, 3.8) is 0 Å². The zero-order chi connectivity index (χ0) is 17.1. The monoisotopic (exact) mass is 349 g/mol. The molecule has 1 fully saturated rings. The Kier molecular flexibility index (Phi) is 5.38. The summed E-state index contributed by atoms with van der Waals surface area (Å²) in [6, 6.07) is 4.18. The van der Waals surface area contributed by atoms with Gasteiger partial charge in [0.25, 0.3) is 0 Å². The van der Waals surface area contributed by atoms with Gasteiger partial charge in [-0.25, -0.2) is 0 Å². The Morgan fingerprint density at radius 2 is 2.08 bits per heavy atom. The lowest BCUT2D eigenvalue weighted by atomic mass is 10.0. The molecule has 0 aromatic carbocycles. The molecule has 0 saturated carbocycles. The summed E-state index contributed by atoms with van der Waals surface area (Å²) >= 11 is 6.20. The second-order valence-electron chi connectivity index (χ2n) is 6.49. The van der Waals surface area contributed by atoms with Gasteiger partial charge in [-0.3, -0.25) is 15.3 Å². The van der Waals surface area contributed by atoms with Gasteiger partial charge in [0.2, 0.25) is 0 Å². The maximum atomic E-state index is 9.75. The van der Waals surface area contributed by atoms with E-state index >= 15 is 0 Å². The van der Waals surface area contributed by atoms with Crippen molar-refractivity contribution in [2.24, 2.45) is 5.10 Å². The second-order valence-corrected chi connectivity index (χ2v) is 6.90. The summed E-state index contributed by atoms with van der Waals surface area (Å²) in [5.74, 6) is 0.430. The van der Waals surface area contributed by atoms with E-state index in [9.17, 15) is 5.11 Å². The second kappa shape index (κ2) is 7.51. The Bertz CT molecular complexity index is 638. The van der Waals surface area contributed by atoms with Crippen LogP contribution in [0.1, 0.15) is 31.0 Å². The highest BCUT2D eigenvalue weighted by atomic mass is 35.5. The van der Waals surface area contributed by atoms with Crippen molar-refractivity contribution >= 4 is 17.8 Å². The third-order valence-corrected chi connectivity index (χ3v) is 4.85. The molecule has 24 heavy (non-hydrogen) atoms. The number of rotatable bonds is 4. The van der Waals surface area contributed by atoms with Crippen LogP contribution in [-0.4, -0.2) is 58.5 Å². The minimum absolute atomic E-state index is 0.410. The molecule has 2 N–H and O–H groups in total. The SMILES string of the molecule is CC(C)c1ncccc1CN1CCN(C2=C(Cl)C(O)NN=C2)CC1. The molecule has 3 rings (SSSR count). The fourth-order valence-electron chi connectivity index (χ4n) is 3.15. The van der Waals surface area contributed by atoms with Crippen molar-refractivity contribution in [2.45, 2.75) is 32.5 Å². The number of piperazine rings is 1. The first-order valence-electron chi connectivity index (χ1n) is 8.33. The van der Waals surface area contributed by atoms with Gasteiger partial charge in [-0.05, 0) is 17.5 Å². The van der Waals surface area contributed by atoms with Gasteiger partial charge < -0.3 is 10.0 Å². The van der Waals surface area contributed by atoms with E-state index in [1.54, 1.807) is 6.21 Å². The van der Waals surface area contributed by atoms with Crippen LogP contribution >= 0.6 is 11.6 Å². The normalized spacial score (nSPS) is 22.2. The van der Waals surface area contributed by atoms with Crippen LogP contribution in [0.4, 0.5) is 0 Å². The van der Waals surface area contributed by atoms with Crippen LogP contribution in [0.15, 0.2) is 34.2 Å². The molecular formula is C17H24ClN5O. The molecule has 3 heterocycles. The third-order valence-electron chi connectivity index (χ3n) is 4.45. The number of hydrazone groups is 1. The number of nitrogens with zero attached hydrogens (tertiary/aromatic N) is 4. The smallest absolute Gasteiger partial charge is 0.178 e. The minimum Gasteiger partial charge on any atom is -0.367 e. The standard InChI is InChI=1S/C17H24ClN5O/c1-12(2)16-13(4-3-5-19-16)11-22-6-8-23(9-7-22)14-10-20-21-17(24)15(14)18/h3-5,10,12,17,21,24H,6-9,11H2,1-2H3. The molecule has 1 aromatic rings. The highest BCUT2D eigenvalue weighted by Gasteiger charge is 2.25. The highest BCUT2D eigenvalue weighted by Crippen LogP contribution is 2.22. The Hall–Kier alpha value is -1.63. The molecule has 0 aliphatic carbocycles. The molecule has 1 atom stereocenters. The first-order chi connectivity index (χ1) is 11.6. The van der Waals surface area contributed by atoms with Gasteiger partial charge in [0, 0.05) is 44.6 Å². The minimum atomic E-state index is -0.909. The van der Waals surface area contributed by atoms with Crippen LogP contribution in [0.25, 0.3) is 0 Å². The van der Waals surface area contributed by atoms with Gasteiger partial charge in [-0.1, -0.05) is 31.5 Å². The van der Waals surface area contributed by atoms with Crippen LogP contribution < -0.4 is 5.43 Å². The fraction of sp³-hybridized carbons (Fsp3) is 0.529. The Labute approximate surface area is 147 Å². The number of nitrogens with one attached hydrogen (secondary N) is 1. The first-order valence-corrected chi connectivity index (χ1v) is 8.71. The summed E-state index contributed by atoms with van der Waals surface area (Å²) in [7, 11) is 0. The van der Waals surface area contributed by atoms with Crippen molar-refractivity contribution in [2.75, 3.05) is 26.2 Å². The maximum absolute atomic E-state index is 9.75. The predicted octanol–water partition coefficient (Wildman–Crippen LogP) is 1.68. The molecule has 1 unspecified atom stereocenters. The van der Waals surface area contributed by atoms with Gasteiger partial charge in [0.15, 0.2) is 6.23 Å². The maximum Gasteiger partial charge on any atom is 0.178 e. The van der Waals surface area contributed by atoms with E-state index in [0.29, 0.717) is 11.0 Å². The number of halogens is 1. The number of allylic oxidation sites excluding steroid dienone is 1. The molecule has 7 heteroatoms. The van der Waals surface area contributed by atoms with Crippen molar-refractivity contribution in [3.05, 3.63) is 40.3 Å². The van der Waals surface area contributed by atoms with Crippen LogP contribution in [-0.2, 0) is 6.54 Å². The summed E-state index contributed by atoms with van der Waals surface area (Å²) in [6.07, 6.45) is 2.64. The van der Waals surface area contributed by atoms with Crippen molar-refractivity contribution < 1.29 is 5.11 Å². The van der Waals surface area contributed by atoms with E-state index in [-0.39, 0.29) is 0 Å². The van der Waals surface area contributed by atoms with Crippen LogP contribution in [0.3, 0.4) is 0 Å². The lowest BCUT2D eigenvalue weighted by Gasteiger charge is -2.38. The summed E-state index contributed by atoms with van der Waals surface area (Å²) in [6.45, 7) is 8.89. The van der Waals surface area contributed by atoms with E-state index < -0.39 is 6.23 Å². The molecule has 1 saturated heterocycles. The van der Waals surface area contributed by atoms with Gasteiger partial charge in [-0.2, -0.15) is 5.10 Å². The number of aromatic nitrogens is 1. The van der Waals surface area contributed by atoms with Crippen molar-refractivity contribution in [1.29, 1.82) is 0 Å². The summed E-state index contributed by atoms with van der Waals surface area (Å²) < 4.78 is 0. The fourth-order valence-corrected chi connectivity index (χ4v) is 3.37. The number of aliphatic hydroxyl groups is 1. The molecule has 2 aliphatic heterocycles. The van der Waals surface area contributed by atoms with E-state index in [1.165, 1.54) is 11.3 Å². The first kappa shape index (κ1) is 17.2. The van der Waals surface area contributed by atoms with Crippen molar-refractivity contribution in [3.8, 4) is 0 Å². The zero-order valence-corrected chi connectivity index (χ0v) is 14.9. The Morgan fingerprint density at radius 1 is 1.33 bits per heavy atom. The van der Waals surface area contributed by atoms with E-state index in [4.69, 9.17) is 11.6 Å². The lowest BCUT2D eigenvalue weighted by molar-refractivity contribution is 0.146. The molecule has 2 aliphatic rings. The molecule has 0 amide bonds. The van der Waals surface area contributed by atoms with E-state index in [2.05, 4.69) is 45.2 Å². The predicted molar refractivity (Wildman–Crippen MR) is 95.7 cm³/mol. The van der Waals surface area contributed by atoms with E-state index in [1.807, 2.05) is 12.3 Å². The highest BCUT2D eigenvalue weighted by molar-refractivity contribution is 6.31. The topological polar surface area (TPSA) is 64.0 Å². The molecule has 0 bridgehead atoms. The Balaban J connectivity index is 1.62. The largest absolute Gasteiger partial charge is 0.367 e. The number of hydrogen-bond acceptors (Lipinski definition) is 6.